The molecular weight excluding hydrogens is 378 g/mol. The lowest BCUT2D eigenvalue weighted by atomic mass is 10.2. The Morgan fingerprint density at radius 1 is 1.33 bits per heavy atom. The topological polar surface area (TPSA) is 47.6 Å². The zero-order valence-corrected chi connectivity index (χ0v) is 14.5. The zero-order chi connectivity index (χ0) is 15.4. The second-order valence-corrected chi connectivity index (χ2v) is 6.64. The first-order chi connectivity index (χ1) is 10.0. The van der Waals surface area contributed by atoms with E-state index < -0.39 is 6.04 Å². The molecule has 0 saturated heterocycles. The molecule has 0 aliphatic heterocycles. The van der Waals surface area contributed by atoms with Crippen molar-refractivity contribution in [1.29, 1.82) is 0 Å². The van der Waals surface area contributed by atoms with Crippen molar-refractivity contribution in [1.82, 2.24) is 0 Å². The number of esters is 1. The van der Waals surface area contributed by atoms with Gasteiger partial charge in [0.2, 0.25) is 0 Å². The molecule has 1 aromatic carbocycles. The molecule has 1 aromatic heterocycles. The Bertz CT molecular complexity index is 610. The number of carbonyl (C=O) groups is 1. The SMILES string of the molecule is COC(=O)C(Nc1ccc(OC)cc1)c1cc(Br)c(Cl)s1. The van der Waals surface area contributed by atoms with E-state index in [1.165, 1.54) is 18.4 Å². The number of hydrogen-bond acceptors (Lipinski definition) is 5. The molecule has 4 nitrogen and oxygen atoms in total. The lowest BCUT2D eigenvalue weighted by molar-refractivity contribution is -0.141. The first-order valence-corrected chi connectivity index (χ1v) is 7.97. The Morgan fingerprint density at radius 3 is 2.48 bits per heavy atom. The summed E-state index contributed by atoms with van der Waals surface area (Å²) in [6.45, 7) is 0. The summed E-state index contributed by atoms with van der Waals surface area (Å²) in [5, 5.41) is 3.14. The van der Waals surface area contributed by atoms with Crippen LogP contribution in [0.3, 0.4) is 0 Å². The first-order valence-electron chi connectivity index (χ1n) is 5.98. The lowest BCUT2D eigenvalue weighted by Crippen LogP contribution is -2.21. The van der Waals surface area contributed by atoms with E-state index in [-0.39, 0.29) is 5.97 Å². The van der Waals surface area contributed by atoms with E-state index in [0.717, 1.165) is 20.8 Å². The van der Waals surface area contributed by atoms with E-state index in [0.29, 0.717) is 4.34 Å². The Labute approximate surface area is 140 Å². The van der Waals surface area contributed by atoms with E-state index in [4.69, 9.17) is 21.1 Å². The van der Waals surface area contributed by atoms with E-state index in [2.05, 4.69) is 21.2 Å². The predicted octanol–water partition coefficient (Wildman–Crippen LogP) is 4.50. The van der Waals surface area contributed by atoms with Crippen LogP contribution in [0.1, 0.15) is 10.9 Å². The van der Waals surface area contributed by atoms with Gasteiger partial charge in [0.05, 0.1) is 14.2 Å². The summed E-state index contributed by atoms with van der Waals surface area (Å²) in [7, 11) is 2.96. The third-order valence-electron chi connectivity index (χ3n) is 2.79. The predicted molar refractivity (Wildman–Crippen MR) is 88.4 cm³/mol. The molecule has 21 heavy (non-hydrogen) atoms. The van der Waals surface area contributed by atoms with Gasteiger partial charge in [0, 0.05) is 15.0 Å². The molecule has 1 unspecified atom stereocenters. The van der Waals surface area contributed by atoms with Gasteiger partial charge in [-0.25, -0.2) is 4.79 Å². The molecule has 0 aliphatic rings. The number of methoxy groups -OCH3 is 2. The number of hydrogen-bond donors (Lipinski definition) is 1. The highest BCUT2D eigenvalue weighted by atomic mass is 79.9. The molecule has 1 N–H and O–H groups in total. The third kappa shape index (κ3) is 3.90. The fourth-order valence-electron chi connectivity index (χ4n) is 1.72. The standard InChI is InChI=1S/C14H13BrClNO3S/c1-19-9-5-3-8(4-6-9)17-12(14(18)20-2)11-7-10(15)13(16)21-11/h3-7,12,17H,1-2H3. The smallest absolute Gasteiger partial charge is 0.333 e. The fraction of sp³-hybridized carbons (Fsp3) is 0.214. The molecule has 112 valence electrons. The van der Waals surface area contributed by atoms with Crippen LogP contribution in [-0.2, 0) is 9.53 Å². The van der Waals surface area contributed by atoms with E-state index >= 15 is 0 Å². The van der Waals surface area contributed by atoms with Gasteiger partial charge in [-0.15, -0.1) is 11.3 Å². The van der Waals surface area contributed by atoms with Crippen LogP contribution in [0.4, 0.5) is 5.69 Å². The Kier molecular flexibility index (Phi) is 5.50. The summed E-state index contributed by atoms with van der Waals surface area (Å²) in [6, 6.07) is 8.49. The van der Waals surface area contributed by atoms with Crippen molar-refractivity contribution < 1.29 is 14.3 Å². The highest BCUT2D eigenvalue weighted by Crippen LogP contribution is 2.36. The average Bonchev–Trinajstić information content (AvgIpc) is 2.84. The van der Waals surface area contributed by atoms with Gasteiger partial charge in [0.1, 0.15) is 10.1 Å². The van der Waals surface area contributed by atoms with Crippen LogP contribution < -0.4 is 10.1 Å². The van der Waals surface area contributed by atoms with E-state index in [1.807, 2.05) is 30.3 Å². The van der Waals surface area contributed by atoms with Crippen molar-refractivity contribution in [3.63, 3.8) is 0 Å². The largest absolute Gasteiger partial charge is 0.497 e. The average molecular weight is 391 g/mol. The minimum atomic E-state index is -0.614. The van der Waals surface area contributed by atoms with Gasteiger partial charge >= 0.3 is 5.97 Å². The second-order valence-electron chi connectivity index (χ2n) is 4.10. The lowest BCUT2D eigenvalue weighted by Gasteiger charge is -2.16. The minimum absolute atomic E-state index is 0.378. The van der Waals surface area contributed by atoms with Crippen LogP contribution in [-0.4, -0.2) is 20.2 Å². The molecule has 7 heteroatoms. The van der Waals surface area contributed by atoms with Crippen LogP contribution in [0.5, 0.6) is 5.75 Å². The van der Waals surface area contributed by atoms with Crippen molar-refractivity contribution in [2.45, 2.75) is 6.04 Å². The number of benzene rings is 1. The van der Waals surface area contributed by atoms with Crippen LogP contribution >= 0.6 is 38.9 Å². The summed E-state index contributed by atoms with van der Waals surface area (Å²) in [4.78, 5) is 12.8. The fourth-order valence-corrected chi connectivity index (χ4v) is 3.50. The highest BCUT2D eigenvalue weighted by Gasteiger charge is 2.24. The zero-order valence-electron chi connectivity index (χ0n) is 11.4. The van der Waals surface area contributed by atoms with Crippen molar-refractivity contribution in [3.05, 3.63) is 44.0 Å². The van der Waals surface area contributed by atoms with Gasteiger partial charge in [-0.1, -0.05) is 11.6 Å². The van der Waals surface area contributed by atoms with Gasteiger partial charge in [-0.3, -0.25) is 0 Å². The van der Waals surface area contributed by atoms with Gasteiger partial charge in [0.15, 0.2) is 6.04 Å². The van der Waals surface area contributed by atoms with Crippen molar-refractivity contribution in [3.8, 4) is 5.75 Å². The van der Waals surface area contributed by atoms with Gasteiger partial charge < -0.3 is 14.8 Å². The van der Waals surface area contributed by atoms with Crippen LogP contribution in [0, 0.1) is 0 Å². The van der Waals surface area contributed by atoms with Crippen molar-refractivity contribution in [2.24, 2.45) is 0 Å². The molecule has 0 radical (unpaired) electrons. The number of anilines is 1. The van der Waals surface area contributed by atoms with Crippen LogP contribution in [0.15, 0.2) is 34.8 Å². The second kappa shape index (κ2) is 7.15. The molecule has 0 amide bonds. The monoisotopic (exact) mass is 389 g/mol. The normalized spacial score (nSPS) is 11.8. The molecule has 1 atom stereocenters. The quantitative estimate of drug-likeness (QED) is 0.764. The Balaban J connectivity index is 2.25. The highest BCUT2D eigenvalue weighted by molar-refractivity contribution is 9.10. The van der Waals surface area contributed by atoms with Gasteiger partial charge in [0.25, 0.3) is 0 Å². The number of rotatable bonds is 5. The molecule has 0 saturated carbocycles. The summed E-state index contributed by atoms with van der Waals surface area (Å²) < 4.78 is 11.3. The first kappa shape index (κ1) is 16.1. The Hall–Kier alpha value is -1.24. The van der Waals surface area contributed by atoms with Gasteiger partial charge in [-0.2, -0.15) is 0 Å². The van der Waals surface area contributed by atoms with Crippen molar-refractivity contribution >= 4 is 50.5 Å². The molecule has 2 rings (SSSR count). The molecule has 2 aromatic rings. The molecule has 0 aliphatic carbocycles. The van der Waals surface area contributed by atoms with Crippen LogP contribution in [0.25, 0.3) is 0 Å². The number of ether oxygens (including phenoxy) is 2. The van der Waals surface area contributed by atoms with Gasteiger partial charge in [-0.05, 0) is 46.3 Å². The number of carbonyl (C=O) groups excluding carboxylic acids is 1. The molecule has 1 heterocycles. The molecule has 0 spiro atoms. The van der Waals surface area contributed by atoms with E-state index in [1.54, 1.807) is 7.11 Å². The summed E-state index contributed by atoms with van der Waals surface area (Å²) in [5.41, 5.74) is 0.784. The summed E-state index contributed by atoms with van der Waals surface area (Å²) in [5.74, 6) is 0.369. The summed E-state index contributed by atoms with van der Waals surface area (Å²) in [6.07, 6.45) is 0. The number of nitrogens with one attached hydrogen (secondary N) is 1. The maximum atomic E-state index is 12.0. The number of halogens is 2. The third-order valence-corrected chi connectivity index (χ3v) is 5.33. The molecular formula is C14H13BrClNO3S. The maximum absolute atomic E-state index is 12.0. The molecule has 0 fully saturated rings. The van der Waals surface area contributed by atoms with Crippen molar-refractivity contribution in [2.75, 3.05) is 19.5 Å². The maximum Gasteiger partial charge on any atom is 0.333 e. The minimum Gasteiger partial charge on any atom is -0.497 e. The Morgan fingerprint density at radius 2 is 2.00 bits per heavy atom. The number of thiophene rings is 1. The van der Waals surface area contributed by atoms with Crippen LogP contribution in [0.2, 0.25) is 4.34 Å². The summed E-state index contributed by atoms with van der Waals surface area (Å²) >= 11 is 10.7. The van der Waals surface area contributed by atoms with E-state index in [9.17, 15) is 4.79 Å². The molecule has 0 bridgehead atoms.